The normalized spacial score (nSPS) is 12.0. The number of aliphatic carboxylic acids is 1. The third-order valence-electron chi connectivity index (χ3n) is 2.29. The van der Waals surface area contributed by atoms with Crippen LogP contribution < -0.4 is 0 Å². The fourth-order valence-electron chi connectivity index (χ4n) is 0.726. The highest BCUT2D eigenvalue weighted by Gasteiger charge is 2.34. The third-order valence-corrected chi connectivity index (χ3v) is 2.29. The van der Waals surface area contributed by atoms with Gasteiger partial charge in [-0.15, -0.1) is 0 Å². The topological polar surface area (TPSA) is 115 Å². The van der Waals surface area contributed by atoms with Crippen LogP contribution in [0.25, 0.3) is 0 Å². The Kier molecular flexibility index (Phi) is 9.68. The van der Waals surface area contributed by atoms with Gasteiger partial charge in [0.25, 0.3) is 0 Å². The minimum Gasteiger partial charge on any atom is -0.478 e. The van der Waals surface area contributed by atoms with Gasteiger partial charge in [0, 0.05) is 17.4 Å². The van der Waals surface area contributed by atoms with Crippen molar-refractivity contribution in [3.05, 3.63) is 12.7 Å². The first-order valence-electron chi connectivity index (χ1n) is 4.57. The van der Waals surface area contributed by atoms with E-state index in [1.165, 1.54) is 0 Å². The molecule has 6 heteroatoms. The number of aliphatic hydroxyl groups is 3. The van der Waals surface area contributed by atoms with Gasteiger partial charge in [0.1, 0.15) is 6.29 Å². The van der Waals surface area contributed by atoms with Crippen molar-refractivity contribution in [1.29, 1.82) is 0 Å². The first kappa shape index (κ1) is 17.2. The molecule has 1 unspecified atom stereocenters. The zero-order valence-electron chi connectivity index (χ0n) is 9.17. The quantitative estimate of drug-likeness (QED) is 0.347. The Morgan fingerprint density at radius 2 is 1.62 bits per heavy atom. The lowest BCUT2D eigenvalue weighted by atomic mass is 9.79. The second-order valence-electron chi connectivity index (χ2n) is 3.30. The maximum absolute atomic E-state index is 10.3. The highest BCUT2D eigenvalue weighted by Crippen LogP contribution is 2.24. The third kappa shape index (κ3) is 5.59. The molecule has 0 saturated carbocycles. The Hall–Kier alpha value is -1.24. The number of carboxylic acids is 1. The molecule has 1 atom stereocenters. The number of carbonyl (C=O) groups excluding carboxylic acids is 1. The van der Waals surface area contributed by atoms with Crippen molar-refractivity contribution >= 4 is 12.3 Å². The minimum atomic E-state index is -1.07. The molecular formula is C10H18O6. The van der Waals surface area contributed by atoms with Crippen LogP contribution in [0.5, 0.6) is 0 Å². The van der Waals surface area contributed by atoms with Crippen molar-refractivity contribution in [2.75, 3.05) is 19.8 Å². The van der Waals surface area contributed by atoms with E-state index in [1.54, 1.807) is 6.92 Å². The molecule has 0 aromatic heterocycles. The van der Waals surface area contributed by atoms with Crippen molar-refractivity contribution in [3.8, 4) is 0 Å². The van der Waals surface area contributed by atoms with Crippen LogP contribution >= 0.6 is 0 Å². The maximum Gasteiger partial charge on any atom is 0.327 e. The summed E-state index contributed by atoms with van der Waals surface area (Å²) in [6.07, 6.45) is 1.45. The summed E-state index contributed by atoms with van der Waals surface area (Å²) in [5, 5.41) is 34.0. The van der Waals surface area contributed by atoms with Gasteiger partial charge in [0.2, 0.25) is 0 Å². The number of carboxylic acid groups (broad SMARTS) is 1. The predicted octanol–water partition coefficient (Wildman–Crippen LogP) is -0.958. The van der Waals surface area contributed by atoms with E-state index in [1.807, 2.05) is 0 Å². The summed E-state index contributed by atoms with van der Waals surface area (Å²) in [6, 6.07) is 0. The van der Waals surface area contributed by atoms with Crippen LogP contribution in [0.1, 0.15) is 6.92 Å². The number of hydrogen-bond donors (Lipinski definition) is 4. The SMILES string of the molecule is C=CC(=O)O.CC(C=O)C(CO)(CO)CO. The summed E-state index contributed by atoms with van der Waals surface area (Å²) in [6.45, 7) is 3.34. The van der Waals surface area contributed by atoms with Crippen LogP contribution in [0.4, 0.5) is 0 Å². The molecule has 0 aliphatic rings. The van der Waals surface area contributed by atoms with Gasteiger partial charge in [-0.3, -0.25) is 0 Å². The average Bonchev–Trinajstić information content (AvgIpc) is 2.32. The molecule has 0 fully saturated rings. The minimum absolute atomic E-state index is 0.389. The molecule has 0 spiro atoms. The van der Waals surface area contributed by atoms with Crippen LogP contribution in [0, 0.1) is 11.3 Å². The number of hydrogen-bond acceptors (Lipinski definition) is 5. The smallest absolute Gasteiger partial charge is 0.327 e. The molecule has 0 aromatic rings. The Morgan fingerprint density at radius 3 is 1.69 bits per heavy atom. The van der Waals surface area contributed by atoms with Gasteiger partial charge < -0.3 is 25.2 Å². The van der Waals surface area contributed by atoms with E-state index in [0.29, 0.717) is 6.29 Å². The molecule has 0 aliphatic heterocycles. The molecule has 4 N–H and O–H groups in total. The summed E-state index contributed by atoms with van der Waals surface area (Å²) >= 11 is 0. The number of rotatable bonds is 6. The van der Waals surface area contributed by atoms with E-state index >= 15 is 0 Å². The molecule has 0 aliphatic carbocycles. The molecule has 0 aromatic carbocycles. The highest BCUT2D eigenvalue weighted by atomic mass is 16.4. The summed E-state index contributed by atoms with van der Waals surface area (Å²) in [5.74, 6) is -1.52. The van der Waals surface area contributed by atoms with Crippen LogP contribution in [-0.4, -0.2) is 52.5 Å². The molecule has 16 heavy (non-hydrogen) atoms. The first-order valence-corrected chi connectivity index (χ1v) is 4.57. The molecule has 0 rings (SSSR count). The predicted molar refractivity (Wildman–Crippen MR) is 56.8 cm³/mol. The van der Waals surface area contributed by atoms with Gasteiger partial charge in [0.05, 0.1) is 19.8 Å². The Labute approximate surface area is 93.8 Å². The lowest BCUT2D eigenvalue weighted by Gasteiger charge is -2.30. The fourth-order valence-corrected chi connectivity index (χ4v) is 0.726. The summed E-state index contributed by atoms with van der Waals surface area (Å²) in [7, 11) is 0. The van der Waals surface area contributed by atoms with Crippen LogP contribution in [0.15, 0.2) is 12.7 Å². The maximum atomic E-state index is 10.3. The standard InChI is InChI=1S/C7H14O4.C3H4O2/c1-6(2-8)7(3-9,4-10)5-11;1-2-3(4)5/h2,6,9-11H,3-5H2,1H3;2H,1H2,(H,4,5). The van der Waals surface area contributed by atoms with E-state index < -0.39 is 17.3 Å². The second kappa shape index (κ2) is 9.02. The van der Waals surface area contributed by atoms with E-state index in [-0.39, 0.29) is 19.8 Å². The zero-order valence-corrected chi connectivity index (χ0v) is 9.17. The van der Waals surface area contributed by atoms with Crippen molar-refractivity contribution in [3.63, 3.8) is 0 Å². The zero-order chi connectivity index (χ0) is 13.2. The van der Waals surface area contributed by atoms with Crippen molar-refractivity contribution in [2.24, 2.45) is 11.3 Å². The van der Waals surface area contributed by atoms with Crippen LogP contribution in [0.2, 0.25) is 0 Å². The van der Waals surface area contributed by atoms with Crippen LogP contribution in [-0.2, 0) is 9.59 Å². The molecule has 0 saturated heterocycles. The summed E-state index contributed by atoms with van der Waals surface area (Å²) < 4.78 is 0. The van der Waals surface area contributed by atoms with Gasteiger partial charge in [-0.05, 0) is 0 Å². The van der Waals surface area contributed by atoms with E-state index in [4.69, 9.17) is 20.4 Å². The molecule has 6 nitrogen and oxygen atoms in total. The Morgan fingerprint density at radius 1 is 1.31 bits per heavy atom. The molecule has 0 heterocycles. The van der Waals surface area contributed by atoms with Gasteiger partial charge >= 0.3 is 5.97 Å². The van der Waals surface area contributed by atoms with Gasteiger partial charge in [-0.1, -0.05) is 13.5 Å². The summed E-state index contributed by atoms with van der Waals surface area (Å²) in [4.78, 5) is 19.5. The van der Waals surface area contributed by atoms with Crippen molar-refractivity contribution in [2.45, 2.75) is 6.92 Å². The molecular weight excluding hydrogens is 216 g/mol. The van der Waals surface area contributed by atoms with Gasteiger partial charge in [-0.2, -0.15) is 0 Å². The molecule has 94 valence electrons. The van der Waals surface area contributed by atoms with Crippen molar-refractivity contribution in [1.82, 2.24) is 0 Å². The summed E-state index contributed by atoms with van der Waals surface area (Å²) in [5.41, 5.74) is -1.07. The molecule has 0 radical (unpaired) electrons. The van der Waals surface area contributed by atoms with E-state index in [9.17, 15) is 9.59 Å². The van der Waals surface area contributed by atoms with Crippen molar-refractivity contribution < 1.29 is 30.0 Å². The number of aldehydes is 1. The largest absolute Gasteiger partial charge is 0.478 e. The number of carbonyl (C=O) groups is 2. The van der Waals surface area contributed by atoms with Gasteiger partial charge in [-0.25, -0.2) is 4.79 Å². The Bertz CT molecular complexity index is 213. The lowest BCUT2D eigenvalue weighted by Crippen LogP contribution is -2.40. The molecule has 0 bridgehead atoms. The monoisotopic (exact) mass is 234 g/mol. The number of aliphatic hydroxyl groups excluding tert-OH is 3. The fraction of sp³-hybridized carbons (Fsp3) is 0.600. The molecule has 0 amide bonds. The second-order valence-corrected chi connectivity index (χ2v) is 3.30. The van der Waals surface area contributed by atoms with E-state index in [2.05, 4.69) is 6.58 Å². The van der Waals surface area contributed by atoms with Gasteiger partial charge in [0.15, 0.2) is 0 Å². The average molecular weight is 234 g/mol. The lowest BCUT2D eigenvalue weighted by molar-refractivity contribution is -0.131. The Balaban J connectivity index is 0. The highest BCUT2D eigenvalue weighted by molar-refractivity contribution is 5.78. The van der Waals surface area contributed by atoms with Crippen LogP contribution in [0.3, 0.4) is 0 Å². The first-order chi connectivity index (χ1) is 7.43. The van der Waals surface area contributed by atoms with E-state index in [0.717, 1.165) is 6.08 Å².